The number of hydrogen-bond donors (Lipinski definition) is 1. The van der Waals surface area contributed by atoms with Crippen LogP contribution in [0.4, 0.5) is 0 Å². The van der Waals surface area contributed by atoms with Crippen LogP contribution in [0.25, 0.3) is 0 Å². The Morgan fingerprint density at radius 2 is 2.00 bits per heavy atom. The van der Waals surface area contributed by atoms with Crippen LogP contribution in [0, 0.1) is 11.8 Å². The van der Waals surface area contributed by atoms with Crippen molar-refractivity contribution in [2.45, 2.75) is 44.2 Å². The number of likely N-dealkylation sites (tertiary alicyclic amines) is 2. The lowest BCUT2D eigenvalue weighted by atomic mass is 9.84. The van der Waals surface area contributed by atoms with Crippen LogP contribution in [-0.4, -0.2) is 62.2 Å². The summed E-state index contributed by atoms with van der Waals surface area (Å²) in [4.78, 5) is 5.35. The van der Waals surface area contributed by atoms with Crippen molar-refractivity contribution in [2.75, 3.05) is 40.3 Å². The molecule has 18 heavy (non-hydrogen) atoms. The van der Waals surface area contributed by atoms with Crippen LogP contribution >= 0.6 is 0 Å². The molecule has 1 N–H and O–H groups in total. The number of piperidine rings is 2. The van der Waals surface area contributed by atoms with Gasteiger partial charge < -0.3 is 15.1 Å². The average molecular weight is 251 g/mol. The summed E-state index contributed by atoms with van der Waals surface area (Å²) in [6.45, 7) is 5.27. The molecule has 3 rings (SSSR count). The molecule has 0 radical (unpaired) electrons. The first-order chi connectivity index (χ1) is 8.78. The zero-order chi connectivity index (χ0) is 12.5. The minimum Gasteiger partial charge on any atom is -0.315 e. The molecule has 1 saturated carbocycles. The molecule has 3 unspecified atom stereocenters. The Labute approximate surface area is 112 Å². The molecule has 3 heteroatoms. The molecule has 0 aromatic rings. The molecule has 0 aromatic carbocycles. The minimum absolute atomic E-state index is 0.753. The summed E-state index contributed by atoms with van der Waals surface area (Å²) in [6, 6.07) is 1.63. The highest BCUT2D eigenvalue weighted by molar-refractivity contribution is 4.93. The van der Waals surface area contributed by atoms with Gasteiger partial charge in [-0.15, -0.1) is 0 Å². The molecule has 3 aliphatic rings. The van der Waals surface area contributed by atoms with Crippen molar-refractivity contribution in [1.29, 1.82) is 0 Å². The molecule has 0 aromatic heterocycles. The third-order valence-electron chi connectivity index (χ3n) is 5.45. The van der Waals surface area contributed by atoms with E-state index in [1.54, 1.807) is 0 Å². The normalized spacial score (nSPS) is 36.3. The van der Waals surface area contributed by atoms with Crippen molar-refractivity contribution in [2.24, 2.45) is 11.8 Å². The summed E-state index contributed by atoms with van der Waals surface area (Å²) in [5.74, 6) is 1.91. The Bertz CT molecular complexity index is 277. The topological polar surface area (TPSA) is 18.5 Å². The lowest BCUT2D eigenvalue weighted by Gasteiger charge is -2.46. The summed E-state index contributed by atoms with van der Waals surface area (Å²) in [7, 11) is 4.47. The Morgan fingerprint density at radius 3 is 2.72 bits per heavy atom. The standard InChI is InChI=1S/C15H29N3/c1-16-14(12-5-6-12)11-18-9-7-15-13(10-18)4-3-8-17(15)2/h12-16H,3-11H2,1-2H3. The van der Waals surface area contributed by atoms with Crippen molar-refractivity contribution in [3.63, 3.8) is 0 Å². The Balaban J connectivity index is 1.53. The van der Waals surface area contributed by atoms with Crippen LogP contribution in [0.3, 0.4) is 0 Å². The lowest BCUT2D eigenvalue weighted by Crippen LogP contribution is -2.54. The largest absolute Gasteiger partial charge is 0.315 e. The maximum Gasteiger partial charge on any atom is 0.0220 e. The van der Waals surface area contributed by atoms with Gasteiger partial charge in [0.2, 0.25) is 0 Å². The number of nitrogens with zero attached hydrogens (tertiary/aromatic N) is 2. The van der Waals surface area contributed by atoms with E-state index in [2.05, 4.69) is 29.2 Å². The Kier molecular flexibility index (Phi) is 3.92. The third kappa shape index (κ3) is 2.73. The van der Waals surface area contributed by atoms with Crippen molar-refractivity contribution >= 4 is 0 Å². The predicted octanol–water partition coefficient (Wildman–Crippen LogP) is 1.40. The van der Waals surface area contributed by atoms with E-state index in [0.717, 1.165) is 23.9 Å². The van der Waals surface area contributed by atoms with Gasteiger partial charge in [0.25, 0.3) is 0 Å². The minimum atomic E-state index is 0.753. The van der Waals surface area contributed by atoms with Gasteiger partial charge in [-0.3, -0.25) is 0 Å². The molecule has 2 heterocycles. The van der Waals surface area contributed by atoms with Crippen molar-refractivity contribution < 1.29 is 0 Å². The number of nitrogens with one attached hydrogen (secondary N) is 1. The highest BCUT2D eigenvalue weighted by Crippen LogP contribution is 2.34. The fourth-order valence-electron chi connectivity index (χ4n) is 4.15. The van der Waals surface area contributed by atoms with Crippen molar-refractivity contribution in [1.82, 2.24) is 15.1 Å². The van der Waals surface area contributed by atoms with E-state index in [0.29, 0.717) is 0 Å². The summed E-state index contributed by atoms with van der Waals surface area (Å²) in [6.07, 6.45) is 7.16. The molecule has 1 aliphatic carbocycles. The molecule has 104 valence electrons. The van der Waals surface area contributed by atoms with Gasteiger partial charge in [-0.1, -0.05) is 0 Å². The van der Waals surface area contributed by atoms with Crippen molar-refractivity contribution in [3.05, 3.63) is 0 Å². The first kappa shape index (κ1) is 12.9. The van der Waals surface area contributed by atoms with Gasteiger partial charge in [-0.25, -0.2) is 0 Å². The number of rotatable bonds is 4. The lowest BCUT2D eigenvalue weighted by molar-refractivity contribution is 0.0342. The van der Waals surface area contributed by atoms with Crippen LogP contribution in [0.15, 0.2) is 0 Å². The summed E-state index contributed by atoms with van der Waals surface area (Å²) < 4.78 is 0. The smallest absolute Gasteiger partial charge is 0.0220 e. The summed E-state index contributed by atoms with van der Waals surface area (Å²) in [5.41, 5.74) is 0. The first-order valence-electron chi connectivity index (χ1n) is 7.88. The van der Waals surface area contributed by atoms with Crippen LogP contribution in [0.1, 0.15) is 32.1 Å². The van der Waals surface area contributed by atoms with Gasteiger partial charge in [0.15, 0.2) is 0 Å². The highest BCUT2D eigenvalue weighted by Gasteiger charge is 2.36. The second kappa shape index (κ2) is 5.48. The average Bonchev–Trinajstić information content (AvgIpc) is 3.20. The molecular weight excluding hydrogens is 222 g/mol. The van der Waals surface area contributed by atoms with Gasteiger partial charge in [0, 0.05) is 25.2 Å². The van der Waals surface area contributed by atoms with E-state index >= 15 is 0 Å². The van der Waals surface area contributed by atoms with Crippen LogP contribution in [0.2, 0.25) is 0 Å². The molecule has 0 amide bonds. The van der Waals surface area contributed by atoms with E-state index in [1.807, 2.05) is 0 Å². The van der Waals surface area contributed by atoms with Gasteiger partial charge >= 0.3 is 0 Å². The van der Waals surface area contributed by atoms with Gasteiger partial charge in [0.1, 0.15) is 0 Å². The second-order valence-corrected chi connectivity index (χ2v) is 6.73. The molecule has 2 aliphatic heterocycles. The molecular formula is C15H29N3. The molecule has 3 fully saturated rings. The first-order valence-corrected chi connectivity index (χ1v) is 7.88. The van der Waals surface area contributed by atoms with E-state index in [1.165, 1.54) is 58.3 Å². The van der Waals surface area contributed by atoms with Gasteiger partial charge in [-0.05, 0) is 71.1 Å². The number of fused-ring (bicyclic) bond motifs is 1. The van der Waals surface area contributed by atoms with Gasteiger partial charge in [-0.2, -0.15) is 0 Å². The third-order valence-corrected chi connectivity index (χ3v) is 5.45. The predicted molar refractivity (Wildman–Crippen MR) is 75.8 cm³/mol. The number of hydrogen-bond acceptors (Lipinski definition) is 3. The zero-order valence-electron chi connectivity index (χ0n) is 12.1. The second-order valence-electron chi connectivity index (χ2n) is 6.73. The Morgan fingerprint density at radius 1 is 1.17 bits per heavy atom. The fraction of sp³-hybridized carbons (Fsp3) is 1.00. The highest BCUT2D eigenvalue weighted by atomic mass is 15.2. The van der Waals surface area contributed by atoms with Crippen LogP contribution in [-0.2, 0) is 0 Å². The SMILES string of the molecule is CNC(CN1CCC2C(CCCN2C)C1)C1CC1. The van der Waals surface area contributed by atoms with E-state index in [-0.39, 0.29) is 0 Å². The maximum atomic E-state index is 3.54. The molecule has 0 spiro atoms. The molecule has 3 nitrogen and oxygen atoms in total. The van der Waals surface area contributed by atoms with Crippen LogP contribution in [0.5, 0.6) is 0 Å². The van der Waals surface area contributed by atoms with Gasteiger partial charge in [0.05, 0.1) is 0 Å². The Hall–Kier alpha value is -0.120. The van der Waals surface area contributed by atoms with E-state index in [4.69, 9.17) is 0 Å². The summed E-state index contributed by atoms with van der Waals surface area (Å²) >= 11 is 0. The zero-order valence-corrected chi connectivity index (χ0v) is 12.1. The van der Waals surface area contributed by atoms with Crippen molar-refractivity contribution in [3.8, 4) is 0 Å². The molecule has 3 atom stereocenters. The van der Waals surface area contributed by atoms with E-state index in [9.17, 15) is 0 Å². The molecule has 0 bridgehead atoms. The quantitative estimate of drug-likeness (QED) is 0.815. The fourth-order valence-corrected chi connectivity index (χ4v) is 4.15. The molecule has 2 saturated heterocycles. The van der Waals surface area contributed by atoms with E-state index < -0.39 is 0 Å². The summed E-state index contributed by atoms with van der Waals surface area (Å²) in [5, 5.41) is 3.54. The van der Waals surface area contributed by atoms with Crippen LogP contribution < -0.4 is 5.32 Å². The number of likely N-dealkylation sites (N-methyl/N-ethyl adjacent to an activating group) is 1. The maximum absolute atomic E-state index is 3.54. The monoisotopic (exact) mass is 251 g/mol.